The van der Waals surface area contributed by atoms with E-state index >= 15 is 0 Å². The van der Waals surface area contributed by atoms with E-state index in [0.29, 0.717) is 13.0 Å². The van der Waals surface area contributed by atoms with Gasteiger partial charge in [-0.05, 0) is 57.1 Å². The number of fused-ring (bicyclic) bond motifs is 2. The van der Waals surface area contributed by atoms with Crippen molar-refractivity contribution in [2.45, 2.75) is 51.4 Å². The van der Waals surface area contributed by atoms with Crippen molar-refractivity contribution < 1.29 is 14.7 Å². The summed E-state index contributed by atoms with van der Waals surface area (Å²) in [5, 5.41) is 12.1. The highest BCUT2D eigenvalue weighted by atomic mass is 16.4. The number of aryl methyl sites for hydroxylation is 1. The summed E-state index contributed by atoms with van der Waals surface area (Å²) in [4.78, 5) is 23.6. The molecule has 0 heterocycles. The monoisotopic (exact) mass is 315 g/mol. The van der Waals surface area contributed by atoms with Gasteiger partial charge in [0, 0.05) is 17.9 Å². The molecule has 1 fully saturated rings. The molecule has 3 rings (SSSR count). The van der Waals surface area contributed by atoms with Gasteiger partial charge in [0.05, 0.1) is 5.41 Å². The molecule has 0 bridgehead atoms. The second kappa shape index (κ2) is 5.66. The molecule has 0 radical (unpaired) electrons. The fourth-order valence-corrected chi connectivity index (χ4v) is 3.90. The van der Waals surface area contributed by atoms with E-state index in [4.69, 9.17) is 5.11 Å². The van der Waals surface area contributed by atoms with Gasteiger partial charge in [0.2, 0.25) is 5.91 Å². The Balaban J connectivity index is 1.61. The highest BCUT2D eigenvalue weighted by Gasteiger charge is 2.59. The molecule has 2 atom stereocenters. The summed E-state index contributed by atoms with van der Waals surface area (Å²) in [5.74, 6) is -0.685. The lowest BCUT2D eigenvalue weighted by atomic mass is 9.78. The molecule has 2 aliphatic rings. The zero-order valence-electron chi connectivity index (χ0n) is 13.9. The number of carboxylic acids is 1. The van der Waals surface area contributed by atoms with Crippen molar-refractivity contribution in [1.29, 1.82) is 0 Å². The molecule has 4 heteroatoms. The zero-order chi connectivity index (χ0) is 16.7. The maximum Gasteiger partial charge on any atom is 0.309 e. The van der Waals surface area contributed by atoms with Crippen LogP contribution in [0.2, 0.25) is 0 Å². The molecule has 0 aromatic heterocycles. The van der Waals surface area contributed by atoms with Gasteiger partial charge in [-0.3, -0.25) is 9.59 Å². The van der Waals surface area contributed by atoms with Crippen molar-refractivity contribution in [3.63, 3.8) is 0 Å². The third kappa shape index (κ3) is 2.87. The Kier molecular flexibility index (Phi) is 3.95. The van der Waals surface area contributed by atoms with Gasteiger partial charge in [-0.25, -0.2) is 0 Å². The second-order valence-corrected chi connectivity index (χ2v) is 7.65. The first-order valence-corrected chi connectivity index (χ1v) is 8.46. The number of hydrogen-bond acceptors (Lipinski definition) is 2. The number of nitrogens with one attached hydrogen (secondary N) is 1. The summed E-state index contributed by atoms with van der Waals surface area (Å²) in [7, 11) is 0. The summed E-state index contributed by atoms with van der Waals surface area (Å²) in [6.07, 6.45) is 4.72. The van der Waals surface area contributed by atoms with Crippen LogP contribution in [0.5, 0.6) is 0 Å². The predicted octanol–water partition coefficient (Wildman–Crippen LogP) is 2.90. The van der Waals surface area contributed by atoms with Gasteiger partial charge in [-0.2, -0.15) is 0 Å². The van der Waals surface area contributed by atoms with Crippen molar-refractivity contribution in [1.82, 2.24) is 5.32 Å². The van der Waals surface area contributed by atoms with Crippen LogP contribution in [0.4, 0.5) is 0 Å². The number of rotatable bonds is 5. The fourth-order valence-electron chi connectivity index (χ4n) is 3.90. The number of carbonyl (C=O) groups excluding carboxylic acids is 1. The van der Waals surface area contributed by atoms with Crippen LogP contribution in [-0.2, 0) is 21.4 Å². The third-order valence-electron chi connectivity index (χ3n) is 5.64. The van der Waals surface area contributed by atoms with E-state index in [9.17, 15) is 9.59 Å². The fraction of sp³-hybridized carbons (Fsp3) is 0.579. The van der Waals surface area contributed by atoms with Gasteiger partial charge in [0.1, 0.15) is 0 Å². The topological polar surface area (TPSA) is 66.4 Å². The van der Waals surface area contributed by atoms with Crippen LogP contribution >= 0.6 is 0 Å². The molecule has 2 aliphatic carbocycles. The van der Waals surface area contributed by atoms with Gasteiger partial charge in [-0.15, -0.1) is 0 Å². The van der Waals surface area contributed by atoms with Gasteiger partial charge >= 0.3 is 5.97 Å². The van der Waals surface area contributed by atoms with Crippen LogP contribution in [0.3, 0.4) is 0 Å². The zero-order valence-corrected chi connectivity index (χ0v) is 13.9. The molecule has 2 unspecified atom stereocenters. The molecule has 0 aliphatic heterocycles. The highest BCUT2D eigenvalue weighted by molar-refractivity contribution is 5.84. The van der Waals surface area contributed by atoms with Crippen molar-refractivity contribution in [2.75, 3.05) is 6.54 Å². The molecule has 1 amide bonds. The van der Waals surface area contributed by atoms with Crippen LogP contribution in [0.15, 0.2) is 24.3 Å². The largest absolute Gasteiger partial charge is 0.481 e. The summed E-state index contributed by atoms with van der Waals surface area (Å²) in [5.41, 5.74) is 1.99. The normalized spacial score (nSPS) is 25.7. The Bertz CT molecular complexity index is 637. The number of amides is 1. The molecule has 1 spiro atoms. The minimum atomic E-state index is -0.823. The Morgan fingerprint density at radius 3 is 2.83 bits per heavy atom. The van der Waals surface area contributed by atoms with E-state index < -0.39 is 11.4 Å². The Morgan fingerprint density at radius 2 is 2.09 bits per heavy atom. The van der Waals surface area contributed by atoms with E-state index in [1.807, 2.05) is 0 Å². The van der Waals surface area contributed by atoms with Crippen molar-refractivity contribution in [3.05, 3.63) is 35.4 Å². The Morgan fingerprint density at radius 1 is 1.35 bits per heavy atom. The van der Waals surface area contributed by atoms with Gasteiger partial charge in [0.25, 0.3) is 0 Å². The lowest BCUT2D eigenvalue weighted by Gasteiger charge is -2.26. The number of benzene rings is 1. The smallest absolute Gasteiger partial charge is 0.309 e. The van der Waals surface area contributed by atoms with Crippen LogP contribution in [0.1, 0.15) is 50.7 Å². The van der Waals surface area contributed by atoms with Gasteiger partial charge < -0.3 is 10.4 Å². The van der Waals surface area contributed by atoms with Crippen molar-refractivity contribution >= 4 is 11.9 Å². The molecule has 0 saturated heterocycles. The van der Waals surface area contributed by atoms with Crippen LogP contribution in [0.25, 0.3) is 0 Å². The standard InChI is InChI=1S/C19H25NO3/c1-18(2,17(22)23)10-11-20-16(21)15-12-19(15)9-5-7-13-6-3-4-8-14(13)19/h3-4,6,8,15H,5,7,9-12H2,1-2H3,(H,20,21)(H,22,23). The lowest BCUT2D eigenvalue weighted by molar-refractivity contribution is -0.147. The first kappa shape index (κ1) is 16.0. The first-order chi connectivity index (χ1) is 10.9. The lowest BCUT2D eigenvalue weighted by Crippen LogP contribution is -2.34. The third-order valence-corrected chi connectivity index (χ3v) is 5.64. The molecule has 1 aromatic rings. The molecule has 1 aromatic carbocycles. The van der Waals surface area contributed by atoms with Crippen LogP contribution < -0.4 is 5.32 Å². The molecule has 23 heavy (non-hydrogen) atoms. The summed E-state index contributed by atoms with van der Waals surface area (Å²) in [6, 6.07) is 8.49. The molecular formula is C19H25NO3. The molecule has 2 N–H and O–H groups in total. The summed E-state index contributed by atoms with van der Waals surface area (Å²) >= 11 is 0. The maximum atomic E-state index is 12.5. The average molecular weight is 315 g/mol. The highest BCUT2D eigenvalue weighted by Crippen LogP contribution is 2.60. The summed E-state index contributed by atoms with van der Waals surface area (Å²) in [6.45, 7) is 3.81. The van der Waals surface area contributed by atoms with Gasteiger partial charge in [-0.1, -0.05) is 24.3 Å². The Hall–Kier alpha value is -1.84. The van der Waals surface area contributed by atoms with Gasteiger partial charge in [0.15, 0.2) is 0 Å². The van der Waals surface area contributed by atoms with Crippen LogP contribution in [-0.4, -0.2) is 23.5 Å². The van der Waals surface area contributed by atoms with E-state index in [2.05, 4.69) is 29.6 Å². The van der Waals surface area contributed by atoms with E-state index in [-0.39, 0.29) is 17.2 Å². The van der Waals surface area contributed by atoms with E-state index in [0.717, 1.165) is 25.7 Å². The SMILES string of the molecule is CC(C)(CCNC(=O)C1CC12CCCc1ccccc12)C(=O)O. The van der Waals surface area contributed by atoms with E-state index in [1.54, 1.807) is 13.8 Å². The van der Waals surface area contributed by atoms with Crippen LogP contribution in [0, 0.1) is 11.3 Å². The number of hydrogen-bond donors (Lipinski definition) is 2. The number of aliphatic carboxylic acids is 1. The Labute approximate surface area is 137 Å². The molecule has 1 saturated carbocycles. The van der Waals surface area contributed by atoms with Crippen molar-refractivity contribution in [3.8, 4) is 0 Å². The van der Waals surface area contributed by atoms with Crippen molar-refractivity contribution in [2.24, 2.45) is 11.3 Å². The predicted molar refractivity (Wildman–Crippen MR) is 88.2 cm³/mol. The summed E-state index contributed by atoms with van der Waals surface area (Å²) < 4.78 is 0. The quantitative estimate of drug-likeness (QED) is 0.878. The average Bonchev–Trinajstić information content (AvgIpc) is 3.22. The minimum Gasteiger partial charge on any atom is -0.481 e. The molecule has 4 nitrogen and oxygen atoms in total. The maximum absolute atomic E-state index is 12.5. The van der Waals surface area contributed by atoms with E-state index in [1.165, 1.54) is 11.1 Å². The second-order valence-electron chi connectivity index (χ2n) is 7.65. The number of carboxylic acid groups (broad SMARTS) is 1. The molecular weight excluding hydrogens is 290 g/mol. The molecule has 124 valence electrons. The number of carbonyl (C=O) groups is 2. The first-order valence-electron chi connectivity index (χ1n) is 8.46. The minimum absolute atomic E-state index is 0.0429.